The number of allylic oxidation sites excluding steroid dienone is 6. The number of ether oxygens (including phenoxy) is 8. The van der Waals surface area contributed by atoms with Crippen molar-refractivity contribution in [3.63, 3.8) is 0 Å². The molecule has 1 aliphatic carbocycles. The topological polar surface area (TPSA) is 240 Å². The number of Topliss-reactive ketones (excluding diaryl/α,β-unsaturated/α-hetero) is 3. The Balaban J connectivity index is 1.67. The molecule has 2 bridgehead atoms. The monoisotopic (exact) mass is 1050 g/mol. The Bertz CT molecular complexity index is 2000. The highest BCUT2D eigenvalue weighted by Gasteiger charge is 2.53. The molecule has 16 atom stereocenters. The zero-order chi connectivity index (χ0) is 54.9. The number of aliphatic hydroxyl groups excluding tert-OH is 2. The fraction of sp³-hybridized carbons (Fsp3) is 0.750. The second-order valence-corrected chi connectivity index (χ2v) is 21.3. The Hall–Kier alpha value is -4.14. The number of carbonyl (C=O) groups is 6. The van der Waals surface area contributed by atoms with Crippen LogP contribution in [0.15, 0.2) is 47.6 Å². The third kappa shape index (κ3) is 17.2. The van der Waals surface area contributed by atoms with Gasteiger partial charge in [-0.1, -0.05) is 71.1 Å². The summed E-state index contributed by atoms with van der Waals surface area (Å²) in [7, 11) is 5.83. The first kappa shape index (κ1) is 62.4. The minimum atomic E-state index is -2.47. The molecule has 74 heavy (non-hydrogen) atoms. The number of amides is 1. The molecular formula is C56H87NO17. The molecule has 418 valence electrons. The molecule has 3 heterocycles. The van der Waals surface area contributed by atoms with Crippen LogP contribution in [0.4, 0.5) is 4.79 Å². The molecular weight excluding hydrogens is 959 g/mol. The van der Waals surface area contributed by atoms with Crippen LogP contribution in [0.2, 0.25) is 0 Å². The van der Waals surface area contributed by atoms with Crippen molar-refractivity contribution in [2.24, 2.45) is 35.5 Å². The number of cyclic esters (lactones) is 1. The highest BCUT2D eigenvalue weighted by molar-refractivity contribution is 6.39. The lowest BCUT2D eigenvalue weighted by Gasteiger charge is -2.42. The third-order valence-corrected chi connectivity index (χ3v) is 15.6. The van der Waals surface area contributed by atoms with Gasteiger partial charge in [0.05, 0.1) is 24.9 Å². The number of ketones is 3. The molecule has 1 saturated carbocycles. The maximum absolute atomic E-state index is 14.5. The number of nitrogens with zero attached hydrogens (tertiary/aromatic N) is 1. The first-order chi connectivity index (χ1) is 35.1. The summed E-state index contributed by atoms with van der Waals surface area (Å²) in [6.07, 6.45) is 8.30. The Morgan fingerprint density at radius 1 is 0.865 bits per heavy atom. The van der Waals surface area contributed by atoms with E-state index in [0.29, 0.717) is 69.8 Å². The first-order valence-electron chi connectivity index (χ1n) is 26.6. The predicted octanol–water partition coefficient (Wildman–Crippen LogP) is 6.35. The third-order valence-electron chi connectivity index (χ3n) is 15.6. The van der Waals surface area contributed by atoms with E-state index >= 15 is 0 Å². The molecule has 4 rings (SSSR count). The summed E-state index contributed by atoms with van der Waals surface area (Å²) in [6, 6.07) is -1.20. The molecule has 1 amide bonds. The van der Waals surface area contributed by atoms with Crippen LogP contribution < -0.4 is 0 Å². The molecule has 3 aliphatic heterocycles. The van der Waals surface area contributed by atoms with E-state index in [4.69, 9.17) is 37.9 Å². The van der Waals surface area contributed by atoms with Gasteiger partial charge < -0.3 is 58.1 Å². The second-order valence-electron chi connectivity index (χ2n) is 21.3. The maximum Gasteiger partial charge on any atom is 0.508 e. The molecule has 3 fully saturated rings. The van der Waals surface area contributed by atoms with E-state index in [9.17, 15) is 44.1 Å². The van der Waals surface area contributed by atoms with Crippen LogP contribution in [-0.2, 0) is 61.9 Å². The summed E-state index contributed by atoms with van der Waals surface area (Å²) in [5, 5.41) is 32.9. The lowest BCUT2D eigenvalue weighted by molar-refractivity contribution is -0.265. The van der Waals surface area contributed by atoms with Crippen LogP contribution >= 0.6 is 0 Å². The standard InChI is InChI=1S/C56H87NO17/c1-33-17-13-12-14-18-34(2)46(68-9)29-41-22-20-39(7)56(66,74-41)52(62)53(63)57-24-16-15-19-43(57)54(64)72-47(30-44(59)35(3)26-38(6)50(61)51(70-11)49(60)37(5)25-33)36(4)27-40-21-23-45(48(28-40)69-10)73-55(65)71-32-42(31-58)67-8/h12-14,17-18,26,33,35-37,39-43,45-48,50-51,58,61,66H,15-16,19-25,27-32H2,1-11H3/b14-12+,17-13+,34-18+,38-26+/t33-,35-,36-,37-,39-,40+,41?,42?,43?,45-,46+,47+,48-,50-,51+,56-/m1/s1. The van der Waals surface area contributed by atoms with Crippen LogP contribution in [-0.4, -0.2) is 164 Å². The molecule has 4 aliphatic rings. The molecule has 3 N–H and O–H groups in total. The maximum atomic E-state index is 14.5. The lowest BCUT2D eigenvalue weighted by atomic mass is 9.78. The van der Waals surface area contributed by atoms with Crippen molar-refractivity contribution in [2.45, 2.75) is 186 Å². The van der Waals surface area contributed by atoms with Crippen LogP contribution in [0, 0.1) is 35.5 Å². The number of piperidine rings is 1. The number of fused-ring (bicyclic) bond motifs is 3. The lowest BCUT2D eigenvalue weighted by Crippen LogP contribution is -2.61. The number of hydrogen-bond donors (Lipinski definition) is 3. The summed E-state index contributed by atoms with van der Waals surface area (Å²) in [5.74, 6) is -8.56. The highest BCUT2D eigenvalue weighted by atomic mass is 16.7. The van der Waals surface area contributed by atoms with Crippen molar-refractivity contribution < 1.29 is 82.0 Å². The molecule has 18 nitrogen and oxygen atoms in total. The SMILES string of the molecule is COC(CO)COC(=O)O[C@@H]1CC[C@@H](C[C@@H](C)[C@@H]2CC(=O)[C@H](C)/C=C(\C)[C@@H](O)[C@@H](OC)C(=O)[C@H](C)C[C@H](C)/C=C/C=C/C=C(\C)[C@@H](OC)CC3CC[C@@H](C)[C@@](O)(O3)C(=O)C(=O)N3CCCCC3C(=O)O2)C[C@H]1OC. The van der Waals surface area contributed by atoms with Gasteiger partial charge in [0.15, 0.2) is 5.78 Å². The highest BCUT2D eigenvalue weighted by Crippen LogP contribution is 2.38. The Kier molecular flexibility index (Phi) is 25.3. The molecule has 3 unspecified atom stereocenters. The first-order valence-corrected chi connectivity index (χ1v) is 26.6. The van der Waals surface area contributed by atoms with Gasteiger partial charge >= 0.3 is 12.1 Å². The normalized spacial score (nSPS) is 37.2. The average Bonchev–Trinajstić information content (AvgIpc) is 3.38. The number of esters is 1. The van der Waals surface area contributed by atoms with Crippen LogP contribution in [0.3, 0.4) is 0 Å². The van der Waals surface area contributed by atoms with Crippen molar-refractivity contribution in [3.8, 4) is 0 Å². The van der Waals surface area contributed by atoms with Gasteiger partial charge in [0.25, 0.3) is 11.7 Å². The number of rotatable bonds is 11. The molecule has 0 spiro atoms. The molecule has 0 aromatic heterocycles. The van der Waals surface area contributed by atoms with Gasteiger partial charge in [-0.2, -0.15) is 0 Å². The Morgan fingerprint density at radius 2 is 1.59 bits per heavy atom. The van der Waals surface area contributed by atoms with E-state index in [-0.39, 0.29) is 56.0 Å². The largest absolute Gasteiger partial charge is 0.508 e. The van der Waals surface area contributed by atoms with Crippen LogP contribution in [0.1, 0.15) is 126 Å². The van der Waals surface area contributed by atoms with Gasteiger partial charge in [0.2, 0.25) is 5.79 Å². The van der Waals surface area contributed by atoms with Crippen LogP contribution in [0.25, 0.3) is 0 Å². The minimum Gasteiger partial charge on any atom is -0.460 e. The Labute approximate surface area is 438 Å². The summed E-state index contributed by atoms with van der Waals surface area (Å²) in [6.45, 7) is 12.0. The molecule has 0 aromatic carbocycles. The van der Waals surface area contributed by atoms with E-state index in [1.807, 2.05) is 51.2 Å². The summed E-state index contributed by atoms with van der Waals surface area (Å²) >= 11 is 0. The smallest absolute Gasteiger partial charge is 0.460 e. The molecule has 18 heteroatoms. The fourth-order valence-electron chi connectivity index (χ4n) is 10.7. The van der Waals surface area contributed by atoms with E-state index in [0.717, 1.165) is 10.5 Å². The predicted molar refractivity (Wildman–Crippen MR) is 273 cm³/mol. The molecule has 0 radical (unpaired) electrons. The van der Waals surface area contributed by atoms with Crippen molar-refractivity contribution in [3.05, 3.63) is 47.6 Å². The van der Waals surface area contributed by atoms with Crippen LogP contribution in [0.5, 0.6) is 0 Å². The summed E-state index contributed by atoms with van der Waals surface area (Å²) in [4.78, 5) is 85.0. The zero-order valence-electron chi connectivity index (χ0n) is 45.7. The van der Waals surface area contributed by atoms with Gasteiger partial charge in [0, 0.05) is 65.6 Å². The van der Waals surface area contributed by atoms with Gasteiger partial charge in [-0.25, -0.2) is 9.59 Å². The minimum absolute atomic E-state index is 0.00529. The molecule has 0 aromatic rings. The number of aliphatic hydroxyl groups is 3. The zero-order valence-corrected chi connectivity index (χ0v) is 45.7. The quantitative estimate of drug-likeness (QED) is 0.116. The van der Waals surface area contributed by atoms with Gasteiger partial charge in [0.1, 0.15) is 49.0 Å². The average molecular weight is 1050 g/mol. The Morgan fingerprint density at radius 3 is 2.26 bits per heavy atom. The van der Waals surface area contributed by atoms with Crippen molar-refractivity contribution in [1.82, 2.24) is 4.90 Å². The second kappa shape index (κ2) is 30.0. The van der Waals surface area contributed by atoms with Gasteiger partial charge in [-0.3, -0.25) is 19.2 Å². The number of hydrogen-bond acceptors (Lipinski definition) is 17. The van der Waals surface area contributed by atoms with E-state index in [1.165, 1.54) is 21.3 Å². The summed E-state index contributed by atoms with van der Waals surface area (Å²) < 4.78 is 45.5. The van der Waals surface area contributed by atoms with Crippen molar-refractivity contribution in [2.75, 3.05) is 48.2 Å². The van der Waals surface area contributed by atoms with E-state index in [1.54, 1.807) is 40.9 Å². The summed E-state index contributed by atoms with van der Waals surface area (Å²) in [5.41, 5.74) is 1.22. The fourth-order valence-corrected chi connectivity index (χ4v) is 10.7. The van der Waals surface area contributed by atoms with Gasteiger partial charge in [-0.05, 0) is 107 Å². The van der Waals surface area contributed by atoms with E-state index in [2.05, 4.69) is 0 Å². The molecule has 2 saturated heterocycles. The van der Waals surface area contributed by atoms with Crippen molar-refractivity contribution >= 4 is 35.4 Å². The number of methoxy groups -OCH3 is 4. The number of carbonyl (C=O) groups excluding carboxylic acids is 6. The van der Waals surface area contributed by atoms with Crippen molar-refractivity contribution in [1.29, 1.82) is 0 Å². The van der Waals surface area contributed by atoms with E-state index < -0.39 is 108 Å². The van der Waals surface area contributed by atoms with Gasteiger partial charge in [-0.15, -0.1) is 0 Å².